The van der Waals surface area contributed by atoms with Crippen LogP contribution in [0.2, 0.25) is 10.0 Å². The van der Waals surface area contributed by atoms with E-state index in [9.17, 15) is 9.59 Å². The summed E-state index contributed by atoms with van der Waals surface area (Å²) in [4.78, 5) is 28.2. The summed E-state index contributed by atoms with van der Waals surface area (Å²) in [5, 5.41) is 3.86. The van der Waals surface area contributed by atoms with E-state index in [-0.39, 0.29) is 11.8 Å². The van der Waals surface area contributed by atoms with Crippen LogP contribution in [0.1, 0.15) is 23.2 Å². The number of halogens is 2. The monoisotopic (exact) mass is 355 g/mol. The van der Waals surface area contributed by atoms with Crippen molar-refractivity contribution in [3.63, 3.8) is 0 Å². The lowest BCUT2D eigenvalue weighted by Crippen LogP contribution is -2.51. The van der Waals surface area contributed by atoms with Crippen LogP contribution in [0.15, 0.2) is 18.2 Å². The fourth-order valence-electron chi connectivity index (χ4n) is 2.65. The Balaban J connectivity index is 1.51. The first-order valence-electron chi connectivity index (χ1n) is 7.79. The number of nitrogens with zero attached hydrogens (tertiary/aromatic N) is 2. The molecule has 1 aromatic rings. The molecular weight excluding hydrogens is 337 g/mol. The van der Waals surface area contributed by atoms with Gasteiger partial charge in [0.15, 0.2) is 0 Å². The minimum Gasteiger partial charge on any atom is -0.352 e. The van der Waals surface area contributed by atoms with Gasteiger partial charge in [-0.05, 0) is 31.0 Å². The molecule has 23 heavy (non-hydrogen) atoms. The fraction of sp³-hybridized carbons (Fsp3) is 0.500. The van der Waals surface area contributed by atoms with Crippen molar-refractivity contribution in [2.75, 3.05) is 32.7 Å². The van der Waals surface area contributed by atoms with Crippen molar-refractivity contribution >= 4 is 35.0 Å². The van der Waals surface area contributed by atoms with E-state index in [0.29, 0.717) is 54.4 Å². The molecule has 3 rings (SSSR count). The Morgan fingerprint density at radius 2 is 1.83 bits per heavy atom. The molecule has 1 saturated carbocycles. The molecule has 0 radical (unpaired) electrons. The first kappa shape index (κ1) is 16.6. The lowest BCUT2D eigenvalue weighted by molar-refractivity contribution is -0.122. The molecule has 5 nitrogen and oxygen atoms in total. The molecule has 1 saturated heterocycles. The molecule has 7 heteroatoms. The van der Waals surface area contributed by atoms with Crippen molar-refractivity contribution in [3.8, 4) is 0 Å². The van der Waals surface area contributed by atoms with Crippen molar-refractivity contribution in [2.45, 2.75) is 18.9 Å². The van der Waals surface area contributed by atoms with Gasteiger partial charge in [0.1, 0.15) is 0 Å². The summed E-state index contributed by atoms with van der Waals surface area (Å²) in [6.07, 6.45) is 2.19. The maximum atomic E-state index is 12.5. The largest absolute Gasteiger partial charge is 0.352 e. The maximum absolute atomic E-state index is 12.5. The number of piperazine rings is 1. The van der Waals surface area contributed by atoms with Crippen LogP contribution in [0.3, 0.4) is 0 Å². The van der Waals surface area contributed by atoms with Crippen molar-refractivity contribution in [2.24, 2.45) is 0 Å². The van der Waals surface area contributed by atoms with Crippen LogP contribution >= 0.6 is 23.2 Å². The first-order chi connectivity index (χ1) is 11.0. The van der Waals surface area contributed by atoms with E-state index in [4.69, 9.17) is 23.2 Å². The molecule has 2 aliphatic rings. The molecular formula is C16H19Cl2N3O2. The molecule has 0 unspecified atom stereocenters. The average Bonchev–Trinajstić information content (AvgIpc) is 3.31. The highest BCUT2D eigenvalue weighted by atomic mass is 35.5. The minimum absolute atomic E-state index is 0.0769. The van der Waals surface area contributed by atoms with Gasteiger partial charge in [0.25, 0.3) is 5.91 Å². The average molecular weight is 356 g/mol. The highest BCUT2D eigenvalue weighted by Gasteiger charge is 2.27. The molecule has 0 aromatic heterocycles. The predicted octanol–water partition coefficient (Wildman–Crippen LogP) is 2.03. The lowest BCUT2D eigenvalue weighted by Gasteiger charge is -2.34. The topological polar surface area (TPSA) is 52.7 Å². The Kier molecular flexibility index (Phi) is 5.09. The van der Waals surface area contributed by atoms with E-state index in [2.05, 4.69) is 10.2 Å². The smallest absolute Gasteiger partial charge is 0.255 e. The van der Waals surface area contributed by atoms with Crippen LogP contribution in [0.5, 0.6) is 0 Å². The third-order valence-electron chi connectivity index (χ3n) is 4.13. The Morgan fingerprint density at radius 3 is 2.43 bits per heavy atom. The van der Waals surface area contributed by atoms with Gasteiger partial charge in [-0.3, -0.25) is 14.5 Å². The summed E-state index contributed by atoms with van der Waals surface area (Å²) in [6.45, 7) is 2.97. The van der Waals surface area contributed by atoms with Gasteiger partial charge in [-0.15, -0.1) is 0 Å². The van der Waals surface area contributed by atoms with Gasteiger partial charge in [-0.1, -0.05) is 23.2 Å². The van der Waals surface area contributed by atoms with Gasteiger partial charge < -0.3 is 10.2 Å². The normalized spacial score (nSPS) is 18.8. The third-order valence-corrected chi connectivity index (χ3v) is 4.68. The Bertz CT molecular complexity index is 611. The molecule has 1 heterocycles. The van der Waals surface area contributed by atoms with Crippen LogP contribution in [0.25, 0.3) is 0 Å². The second-order valence-corrected chi connectivity index (χ2v) is 6.88. The molecule has 124 valence electrons. The first-order valence-corrected chi connectivity index (χ1v) is 8.54. The molecule has 1 N–H and O–H groups in total. The van der Waals surface area contributed by atoms with Gasteiger partial charge in [0.05, 0.1) is 17.1 Å². The van der Waals surface area contributed by atoms with Crippen LogP contribution in [-0.4, -0.2) is 60.4 Å². The maximum Gasteiger partial charge on any atom is 0.255 e. The van der Waals surface area contributed by atoms with Crippen LogP contribution in [0, 0.1) is 0 Å². The lowest BCUT2D eigenvalue weighted by atomic mass is 10.1. The van der Waals surface area contributed by atoms with E-state index in [0.717, 1.165) is 12.8 Å². The van der Waals surface area contributed by atoms with Crippen molar-refractivity contribution in [3.05, 3.63) is 33.8 Å². The van der Waals surface area contributed by atoms with Gasteiger partial charge in [0, 0.05) is 37.2 Å². The fourth-order valence-corrected chi connectivity index (χ4v) is 3.14. The Morgan fingerprint density at radius 1 is 1.13 bits per heavy atom. The molecule has 1 aliphatic heterocycles. The Labute approximate surface area is 145 Å². The number of hydrogen-bond acceptors (Lipinski definition) is 3. The van der Waals surface area contributed by atoms with E-state index in [1.54, 1.807) is 23.1 Å². The number of hydrogen-bond donors (Lipinski definition) is 1. The van der Waals surface area contributed by atoms with E-state index in [1.807, 2.05) is 0 Å². The summed E-state index contributed by atoms with van der Waals surface area (Å²) < 4.78 is 0. The standard InChI is InChI=1S/C16H19Cl2N3O2/c17-11-1-4-13(14(18)9-11)16(23)21-7-5-20(6-8-21)10-15(22)19-12-2-3-12/h1,4,9,12H,2-3,5-8,10H2,(H,19,22). The molecule has 1 aliphatic carbocycles. The van der Waals surface area contributed by atoms with E-state index in [1.165, 1.54) is 0 Å². The summed E-state index contributed by atoms with van der Waals surface area (Å²) in [5.41, 5.74) is 0.469. The van der Waals surface area contributed by atoms with Crippen LogP contribution < -0.4 is 5.32 Å². The van der Waals surface area contributed by atoms with Gasteiger partial charge in [-0.2, -0.15) is 0 Å². The number of amides is 2. The van der Waals surface area contributed by atoms with Crippen LogP contribution in [0.4, 0.5) is 0 Å². The second-order valence-electron chi connectivity index (χ2n) is 6.03. The van der Waals surface area contributed by atoms with E-state index >= 15 is 0 Å². The zero-order valence-corrected chi connectivity index (χ0v) is 14.2. The third kappa shape index (κ3) is 4.37. The number of carbonyl (C=O) groups is 2. The second kappa shape index (κ2) is 7.07. The predicted molar refractivity (Wildman–Crippen MR) is 90.0 cm³/mol. The zero-order valence-electron chi connectivity index (χ0n) is 12.7. The summed E-state index contributed by atoms with van der Waals surface area (Å²) in [5.74, 6) is -0.0122. The molecule has 0 bridgehead atoms. The van der Waals surface area contributed by atoms with E-state index < -0.39 is 0 Å². The summed E-state index contributed by atoms with van der Waals surface area (Å²) in [7, 11) is 0. The van der Waals surface area contributed by atoms with Gasteiger partial charge >= 0.3 is 0 Å². The highest BCUT2D eigenvalue weighted by Crippen LogP contribution is 2.23. The van der Waals surface area contributed by atoms with Crippen molar-refractivity contribution in [1.29, 1.82) is 0 Å². The molecule has 1 aromatic carbocycles. The van der Waals surface area contributed by atoms with Gasteiger partial charge in [-0.25, -0.2) is 0 Å². The summed E-state index contributed by atoms with van der Waals surface area (Å²) in [6, 6.07) is 5.29. The quantitative estimate of drug-likeness (QED) is 0.898. The van der Waals surface area contributed by atoms with Crippen molar-refractivity contribution in [1.82, 2.24) is 15.1 Å². The number of carbonyl (C=O) groups excluding carboxylic acids is 2. The summed E-state index contributed by atoms with van der Waals surface area (Å²) >= 11 is 12.0. The van der Waals surface area contributed by atoms with Crippen LogP contribution in [-0.2, 0) is 4.79 Å². The SMILES string of the molecule is O=C(CN1CCN(C(=O)c2ccc(Cl)cc2Cl)CC1)NC1CC1. The molecule has 2 fully saturated rings. The zero-order chi connectivity index (χ0) is 16.4. The minimum atomic E-state index is -0.0891. The number of nitrogens with one attached hydrogen (secondary N) is 1. The Hall–Kier alpha value is -1.30. The number of rotatable bonds is 4. The van der Waals surface area contributed by atoms with Gasteiger partial charge in [0.2, 0.25) is 5.91 Å². The molecule has 0 atom stereocenters. The molecule has 2 amide bonds. The highest BCUT2D eigenvalue weighted by molar-refractivity contribution is 6.36. The number of benzene rings is 1. The molecule has 0 spiro atoms. The van der Waals surface area contributed by atoms with Crippen molar-refractivity contribution < 1.29 is 9.59 Å².